The molecule has 0 aliphatic carbocycles. The molecule has 290 valence electrons. The summed E-state index contributed by atoms with van der Waals surface area (Å²) in [5, 5.41) is 0. The Labute approximate surface area is 352 Å². The van der Waals surface area contributed by atoms with E-state index in [0.29, 0.717) is 11.4 Å². The number of para-hydroxylation sites is 4. The summed E-state index contributed by atoms with van der Waals surface area (Å²) in [6, 6.07) is 84.1. The van der Waals surface area contributed by atoms with E-state index < -0.39 is 0 Å². The van der Waals surface area contributed by atoms with Crippen molar-refractivity contribution >= 4 is 79.6 Å². The lowest BCUT2D eigenvalue weighted by molar-refractivity contribution is 1.24. The van der Waals surface area contributed by atoms with Crippen molar-refractivity contribution in [3.05, 3.63) is 243 Å². The van der Waals surface area contributed by atoms with Gasteiger partial charge in [-0.25, -0.2) is 0 Å². The summed E-state index contributed by atoms with van der Waals surface area (Å²) >= 11 is 0. The number of hydrogen-bond acceptors (Lipinski definition) is 6. The molecule has 4 N–H and O–H groups in total. The van der Waals surface area contributed by atoms with Crippen LogP contribution in [-0.4, -0.2) is 0 Å². The molecule has 0 heterocycles. The van der Waals surface area contributed by atoms with Gasteiger partial charge in [0.15, 0.2) is 0 Å². The van der Waals surface area contributed by atoms with Crippen molar-refractivity contribution in [2.75, 3.05) is 31.1 Å². The van der Waals surface area contributed by atoms with E-state index in [4.69, 9.17) is 11.5 Å². The van der Waals surface area contributed by atoms with Crippen LogP contribution in [0.1, 0.15) is 0 Å². The smallest absolute Gasteiger partial charge is 0.0463 e. The van der Waals surface area contributed by atoms with Crippen LogP contribution in [0.5, 0.6) is 0 Å². The number of nitrogens with two attached hydrogens (primary N) is 2. The third kappa shape index (κ3) is 7.99. The highest BCUT2D eigenvalue weighted by Gasteiger charge is 2.19. The van der Waals surface area contributed by atoms with E-state index in [0.717, 1.165) is 68.2 Å². The molecule has 60 heavy (non-hydrogen) atoms. The zero-order valence-corrected chi connectivity index (χ0v) is 33.0. The molecule has 0 saturated heterocycles. The minimum Gasteiger partial charge on any atom is -0.399 e. The number of nitrogens with zero attached hydrogens (tertiary/aromatic N) is 4. The van der Waals surface area contributed by atoms with E-state index in [9.17, 15) is 0 Å². The Hall–Kier alpha value is -8.22. The molecule has 0 spiro atoms. The molecule has 9 aromatic rings. The minimum atomic E-state index is 0.713. The van der Waals surface area contributed by atoms with Gasteiger partial charge in [0.2, 0.25) is 0 Å². The molecule has 0 fully saturated rings. The van der Waals surface area contributed by atoms with Crippen LogP contribution in [0.2, 0.25) is 0 Å². The third-order valence-corrected chi connectivity index (χ3v) is 10.5. The zero-order chi connectivity index (χ0) is 40.7. The number of benzene rings is 9. The standard InChI is InChI=1S/C54H44N6/c55-41-21-25-47(26-22-41)59(48-27-23-42(56)24-28-48)51-37-39-54(40-38-51)60(52-33-29-49(30-34-52)57(43-13-5-1-6-14-43)44-15-7-2-8-16-44)53-35-31-50(32-36-53)58(45-17-9-3-10-18-45)46-19-11-4-12-20-46/h1-40H,55-56H2. The van der Waals surface area contributed by atoms with Gasteiger partial charge in [-0.1, -0.05) is 72.8 Å². The fraction of sp³-hybridized carbons (Fsp3) is 0. The molecular formula is C54H44N6. The first-order chi connectivity index (χ1) is 29.6. The monoisotopic (exact) mass is 776 g/mol. The van der Waals surface area contributed by atoms with Crippen molar-refractivity contribution in [3.63, 3.8) is 0 Å². The lowest BCUT2D eigenvalue weighted by Crippen LogP contribution is -2.14. The maximum absolute atomic E-state index is 6.11. The van der Waals surface area contributed by atoms with Crippen LogP contribution >= 0.6 is 0 Å². The van der Waals surface area contributed by atoms with Crippen LogP contribution in [-0.2, 0) is 0 Å². The highest BCUT2D eigenvalue weighted by Crippen LogP contribution is 2.43. The Morgan fingerprint density at radius 1 is 0.167 bits per heavy atom. The average Bonchev–Trinajstić information content (AvgIpc) is 3.31. The van der Waals surface area contributed by atoms with Gasteiger partial charge in [0, 0.05) is 79.6 Å². The predicted octanol–water partition coefficient (Wildman–Crippen LogP) is 14.7. The van der Waals surface area contributed by atoms with Gasteiger partial charge in [-0.05, 0) is 170 Å². The highest BCUT2D eigenvalue weighted by atomic mass is 15.2. The first-order valence-electron chi connectivity index (χ1n) is 20.0. The van der Waals surface area contributed by atoms with E-state index in [1.807, 2.05) is 72.8 Å². The second-order valence-corrected chi connectivity index (χ2v) is 14.4. The van der Waals surface area contributed by atoms with Crippen LogP contribution < -0.4 is 31.1 Å². The fourth-order valence-corrected chi connectivity index (χ4v) is 7.60. The van der Waals surface area contributed by atoms with E-state index in [1.54, 1.807) is 0 Å². The molecule has 0 aliphatic rings. The molecular weight excluding hydrogens is 733 g/mol. The Kier molecular flexibility index (Phi) is 10.6. The quantitative estimate of drug-likeness (QED) is 0.120. The molecule has 6 heteroatoms. The minimum absolute atomic E-state index is 0.713. The van der Waals surface area contributed by atoms with Gasteiger partial charge >= 0.3 is 0 Å². The lowest BCUT2D eigenvalue weighted by atomic mass is 10.1. The topological polar surface area (TPSA) is 65.0 Å². The van der Waals surface area contributed by atoms with E-state index >= 15 is 0 Å². The van der Waals surface area contributed by atoms with Crippen molar-refractivity contribution in [2.45, 2.75) is 0 Å². The summed E-state index contributed by atoms with van der Waals surface area (Å²) in [5.74, 6) is 0. The summed E-state index contributed by atoms with van der Waals surface area (Å²) < 4.78 is 0. The number of hydrogen-bond donors (Lipinski definition) is 2. The van der Waals surface area contributed by atoms with Crippen molar-refractivity contribution in [1.82, 2.24) is 0 Å². The molecule has 9 rings (SSSR count). The van der Waals surface area contributed by atoms with Crippen molar-refractivity contribution < 1.29 is 0 Å². The van der Waals surface area contributed by atoms with E-state index in [2.05, 4.69) is 189 Å². The van der Waals surface area contributed by atoms with Gasteiger partial charge in [-0.15, -0.1) is 0 Å². The number of anilines is 14. The highest BCUT2D eigenvalue weighted by molar-refractivity contribution is 5.85. The van der Waals surface area contributed by atoms with Gasteiger partial charge in [-0.3, -0.25) is 0 Å². The average molecular weight is 777 g/mol. The van der Waals surface area contributed by atoms with Gasteiger partial charge < -0.3 is 31.1 Å². The van der Waals surface area contributed by atoms with E-state index in [-0.39, 0.29) is 0 Å². The molecule has 9 aromatic carbocycles. The zero-order valence-electron chi connectivity index (χ0n) is 33.0. The summed E-state index contributed by atoms with van der Waals surface area (Å²) in [5.41, 5.74) is 26.2. The molecule has 0 aromatic heterocycles. The van der Waals surface area contributed by atoms with Gasteiger partial charge in [0.25, 0.3) is 0 Å². The van der Waals surface area contributed by atoms with Crippen molar-refractivity contribution in [3.8, 4) is 0 Å². The first-order valence-corrected chi connectivity index (χ1v) is 20.0. The molecule has 0 unspecified atom stereocenters. The second-order valence-electron chi connectivity index (χ2n) is 14.4. The molecule has 0 radical (unpaired) electrons. The Morgan fingerprint density at radius 2 is 0.300 bits per heavy atom. The summed E-state index contributed by atoms with van der Waals surface area (Å²) in [4.78, 5) is 9.07. The molecule has 0 atom stereocenters. The van der Waals surface area contributed by atoms with Crippen LogP contribution in [0, 0.1) is 0 Å². The lowest BCUT2D eigenvalue weighted by Gasteiger charge is -2.30. The van der Waals surface area contributed by atoms with Gasteiger partial charge in [0.05, 0.1) is 0 Å². The summed E-state index contributed by atoms with van der Waals surface area (Å²) in [7, 11) is 0. The van der Waals surface area contributed by atoms with Crippen LogP contribution in [0.3, 0.4) is 0 Å². The van der Waals surface area contributed by atoms with Crippen LogP contribution in [0.25, 0.3) is 0 Å². The summed E-state index contributed by atoms with van der Waals surface area (Å²) in [6.45, 7) is 0. The molecule has 6 nitrogen and oxygen atoms in total. The van der Waals surface area contributed by atoms with Crippen LogP contribution in [0.15, 0.2) is 243 Å². The van der Waals surface area contributed by atoms with Crippen LogP contribution in [0.4, 0.5) is 79.6 Å². The van der Waals surface area contributed by atoms with Gasteiger partial charge in [-0.2, -0.15) is 0 Å². The second kappa shape index (κ2) is 17.1. The van der Waals surface area contributed by atoms with E-state index in [1.165, 1.54) is 0 Å². The van der Waals surface area contributed by atoms with Crippen molar-refractivity contribution in [2.24, 2.45) is 0 Å². The number of nitrogen functional groups attached to an aromatic ring is 2. The Bertz CT molecular complexity index is 2480. The Morgan fingerprint density at radius 3 is 0.467 bits per heavy atom. The molecule has 0 saturated carbocycles. The van der Waals surface area contributed by atoms with Crippen molar-refractivity contribution in [1.29, 1.82) is 0 Å². The fourth-order valence-electron chi connectivity index (χ4n) is 7.60. The Balaban J connectivity index is 1.13. The summed E-state index contributed by atoms with van der Waals surface area (Å²) in [6.07, 6.45) is 0. The van der Waals surface area contributed by atoms with Gasteiger partial charge in [0.1, 0.15) is 0 Å². The third-order valence-electron chi connectivity index (χ3n) is 10.5. The molecule has 0 bridgehead atoms. The predicted molar refractivity (Wildman–Crippen MR) is 254 cm³/mol. The first kappa shape index (κ1) is 37.4. The largest absolute Gasteiger partial charge is 0.399 e. The normalized spacial score (nSPS) is 10.8. The molecule has 0 aliphatic heterocycles. The maximum atomic E-state index is 6.11. The number of rotatable bonds is 12. The SMILES string of the molecule is Nc1ccc(N(c2ccc(N)cc2)c2ccc(N(c3ccc(N(c4ccccc4)c4ccccc4)cc3)c3ccc(N(c4ccccc4)c4ccccc4)cc3)cc2)cc1. The molecule has 0 amide bonds. The maximum Gasteiger partial charge on any atom is 0.0463 e.